The van der Waals surface area contributed by atoms with Gasteiger partial charge in [-0.25, -0.2) is 4.98 Å². The molecule has 1 N–H and O–H groups in total. The highest BCUT2D eigenvalue weighted by Gasteiger charge is 2.35. The lowest BCUT2D eigenvalue weighted by molar-refractivity contribution is -0.136. The van der Waals surface area contributed by atoms with Gasteiger partial charge in [0.15, 0.2) is 0 Å². The fourth-order valence-electron chi connectivity index (χ4n) is 4.65. The second kappa shape index (κ2) is 8.26. The molecule has 1 saturated carbocycles. The topological polar surface area (TPSA) is 58.2 Å². The highest BCUT2D eigenvalue weighted by Crippen LogP contribution is 2.34. The summed E-state index contributed by atoms with van der Waals surface area (Å²) in [5.74, 6) is 2.38. The van der Waals surface area contributed by atoms with Crippen LogP contribution in [0.25, 0.3) is 11.3 Å². The van der Waals surface area contributed by atoms with Crippen molar-refractivity contribution in [1.82, 2.24) is 14.9 Å². The first-order chi connectivity index (χ1) is 13.2. The molecule has 1 amide bonds. The van der Waals surface area contributed by atoms with Crippen molar-refractivity contribution >= 4 is 5.91 Å². The second-order valence-corrected chi connectivity index (χ2v) is 8.00. The number of H-pyrrole nitrogens is 1. The molecule has 2 aromatic rings. The predicted octanol–water partition coefficient (Wildman–Crippen LogP) is 3.85. The average molecular weight is 367 g/mol. The zero-order valence-electron chi connectivity index (χ0n) is 16.1. The Kier molecular flexibility index (Phi) is 5.58. The van der Waals surface area contributed by atoms with Crippen molar-refractivity contribution in [3.05, 3.63) is 42.4 Å². The first-order valence-electron chi connectivity index (χ1n) is 10.1. The van der Waals surface area contributed by atoms with Crippen LogP contribution in [0.15, 0.2) is 36.5 Å². The number of nitrogens with zero attached hydrogens (tertiary/aromatic N) is 2. The minimum absolute atomic E-state index is 0.181. The van der Waals surface area contributed by atoms with Gasteiger partial charge in [0, 0.05) is 38.6 Å². The Morgan fingerprint density at radius 2 is 2.11 bits per heavy atom. The maximum Gasteiger partial charge on any atom is 0.225 e. The molecule has 3 atom stereocenters. The van der Waals surface area contributed by atoms with Gasteiger partial charge in [0.2, 0.25) is 5.91 Å². The van der Waals surface area contributed by atoms with E-state index in [4.69, 9.17) is 4.74 Å². The summed E-state index contributed by atoms with van der Waals surface area (Å²) in [7, 11) is 1.75. The summed E-state index contributed by atoms with van der Waals surface area (Å²) in [6.45, 7) is 2.44. The SMILES string of the molecule is COC[C@@H]1CC[C@H](C(=O)N2CCCC(c3ncc(-c4ccccc4)[nH]3)C2)C1. The average Bonchev–Trinajstić information content (AvgIpc) is 3.39. The molecule has 5 heteroatoms. The minimum Gasteiger partial charge on any atom is -0.384 e. The van der Waals surface area contributed by atoms with Crippen LogP contribution in [0.1, 0.15) is 43.8 Å². The van der Waals surface area contributed by atoms with Crippen molar-refractivity contribution in [2.45, 2.75) is 38.0 Å². The van der Waals surface area contributed by atoms with E-state index in [0.717, 1.165) is 68.9 Å². The van der Waals surface area contributed by atoms with E-state index >= 15 is 0 Å². The zero-order valence-corrected chi connectivity index (χ0v) is 16.1. The molecule has 2 heterocycles. The minimum atomic E-state index is 0.181. The number of ether oxygens (including phenoxy) is 1. The third-order valence-electron chi connectivity index (χ3n) is 6.09. The summed E-state index contributed by atoms with van der Waals surface area (Å²) in [5, 5.41) is 0. The molecule has 5 nitrogen and oxygen atoms in total. The molecule has 0 spiro atoms. The quantitative estimate of drug-likeness (QED) is 0.873. The maximum atomic E-state index is 13.0. The molecule has 0 radical (unpaired) electrons. The lowest BCUT2D eigenvalue weighted by Crippen LogP contribution is -2.42. The van der Waals surface area contributed by atoms with Crippen LogP contribution in [-0.2, 0) is 9.53 Å². The zero-order chi connectivity index (χ0) is 18.6. The van der Waals surface area contributed by atoms with Crippen molar-refractivity contribution in [2.75, 3.05) is 26.8 Å². The third-order valence-corrected chi connectivity index (χ3v) is 6.09. The number of piperidine rings is 1. The monoisotopic (exact) mass is 367 g/mol. The van der Waals surface area contributed by atoms with Gasteiger partial charge in [-0.15, -0.1) is 0 Å². The predicted molar refractivity (Wildman–Crippen MR) is 105 cm³/mol. The van der Waals surface area contributed by atoms with Gasteiger partial charge in [-0.05, 0) is 43.6 Å². The van der Waals surface area contributed by atoms with Gasteiger partial charge >= 0.3 is 0 Å². The molecule has 0 bridgehead atoms. The number of amides is 1. The maximum absolute atomic E-state index is 13.0. The van der Waals surface area contributed by atoms with Crippen molar-refractivity contribution in [2.24, 2.45) is 11.8 Å². The second-order valence-electron chi connectivity index (χ2n) is 8.00. The molecule has 1 saturated heterocycles. The number of hydrogen-bond donors (Lipinski definition) is 1. The normalized spacial score (nSPS) is 25.7. The lowest BCUT2D eigenvalue weighted by Gasteiger charge is -2.33. The molecule has 1 unspecified atom stereocenters. The van der Waals surface area contributed by atoms with Crippen LogP contribution in [0, 0.1) is 11.8 Å². The van der Waals surface area contributed by atoms with Crippen LogP contribution in [0.5, 0.6) is 0 Å². The number of hydrogen-bond acceptors (Lipinski definition) is 3. The smallest absolute Gasteiger partial charge is 0.225 e. The van der Waals surface area contributed by atoms with Gasteiger partial charge < -0.3 is 14.6 Å². The Bertz CT molecular complexity index is 758. The van der Waals surface area contributed by atoms with Gasteiger partial charge in [-0.2, -0.15) is 0 Å². The van der Waals surface area contributed by atoms with E-state index < -0.39 is 0 Å². The lowest BCUT2D eigenvalue weighted by atomic mass is 9.95. The number of imidazole rings is 1. The summed E-state index contributed by atoms with van der Waals surface area (Å²) < 4.78 is 5.28. The Labute approximate surface area is 161 Å². The highest BCUT2D eigenvalue weighted by molar-refractivity contribution is 5.79. The van der Waals surface area contributed by atoms with E-state index in [-0.39, 0.29) is 5.92 Å². The van der Waals surface area contributed by atoms with Gasteiger partial charge in [0.1, 0.15) is 5.82 Å². The Morgan fingerprint density at radius 3 is 2.93 bits per heavy atom. The van der Waals surface area contributed by atoms with Crippen LogP contribution in [0.2, 0.25) is 0 Å². The first-order valence-corrected chi connectivity index (χ1v) is 10.1. The van der Waals surface area contributed by atoms with E-state index in [9.17, 15) is 4.79 Å². The molecule has 1 aromatic carbocycles. The van der Waals surface area contributed by atoms with E-state index in [0.29, 0.717) is 17.7 Å². The molecule has 1 aliphatic heterocycles. The number of aromatic amines is 1. The van der Waals surface area contributed by atoms with E-state index in [1.165, 1.54) is 0 Å². The van der Waals surface area contributed by atoms with Crippen LogP contribution < -0.4 is 0 Å². The molecule has 2 aliphatic rings. The van der Waals surface area contributed by atoms with Crippen LogP contribution in [-0.4, -0.2) is 47.6 Å². The first kappa shape index (κ1) is 18.2. The summed E-state index contributed by atoms with van der Waals surface area (Å²) in [4.78, 5) is 23.2. The van der Waals surface area contributed by atoms with E-state index in [2.05, 4.69) is 27.0 Å². The molecule has 1 aliphatic carbocycles. The van der Waals surface area contributed by atoms with Crippen molar-refractivity contribution in [3.63, 3.8) is 0 Å². The fraction of sp³-hybridized carbons (Fsp3) is 0.545. The number of carbonyl (C=O) groups is 1. The molecular formula is C22H29N3O2. The summed E-state index contributed by atoms with van der Waals surface area (Å²) in [5.41, 5.74) is 2.20. The number of carbonyl (C=O) groups excluding carboxylic acids is 1. The van der Waals surface area contributed by atoms with Crippen molar-refractivity contribution in [1.29, 1.82) is 0 Å². The summed E-state index contributed by atoms with van der Waals surface area (Å²) in [6.07, 6.45) is 7.14. The van der Waals surface area contributed by atoms with Crippen molar-refractivity contribution in [3.8, 4) is 11.3 Å². The van der Waals surface area contributed by atoms with Gasteiger partial charge in [-0.1, -0.05) is 30.3 Å². The Balaban J connectivity index is 1.40. The summed E-state index contributed by atoms with van der Waals surface area (Å²) >= 11 is 0. The van der Waals surface area contributed by atoms with Crippen molar-refractivity contribution < 1.29 is 9.53 Å². The largest absolute Gasteiger partial charge is 0.384 e. The summed E-state index contributed by atoms with van der Waals surface area (Å²) in [6, 6.07) is 10.3. The molecule has 4 rings (SSSR count). The van der Waals surface area contributed by atoms with Crippen LogP contribution in [0.4, 0.5) is 0 Å². The molecule has 1 aromatic heterocycles. The van der Waals surface area contributed by atoms with Crippen LogP contribution >= 0.6 is 0 Å². The standard InChI is InChI=1S/C22H29N3O2/c1-27-15-16-9-10-18(12-16)22(26)25-11-5-8-19(14-25)21-23-13-20(24-21)17-6-3-2-4-7-17/h2-4,6-7,13,16,18-19H,5,8-12,14-15H2,1H3,(H,23,24)/t16-,18+,19?/m1/s1. The number of rotatable bonds is 5. The number of methoxy groups -OCH3 is 1. The highest BCUT2D eigenvalue weighted by atomic mass is 16.5. The number of benzene rings is 1. The molecular weight excluding hydrogens is 338 g/mol. The number of aromatic nitrogens is 2. The number of nitrogens with one attached hydrogen (secondary N) is 1. The molecule has 2 fully saturated rings. The molecule has 144 valence electrons. The van der Waals surface area contributed by atoms with E-state index in [1.807, 2.05) is 24.4 Å². The molecule has 27 heavy (non-hydrogen) atoms. The fourth-order valence-corrected chi connectivity index (χ4v) is 4.65. The Hall–Kier alpha value is -2.14. The van der Waals surface area contributed by atoms with Gasteiger partial charge in [0.25, 0.3) is 0 Å². The van der Waals surface area contributed by atoms with E-state index in [1.54, 1.807) is 7.11 Å². The van der Waals surface area contributed by atoms with Crippen LogP contribution in [0.3, 0.4) is 0 Å². The Morgan fingerprint density at radius 1 is 1.26 bits per heavy atom. The number of likely N-dealkylation sites (tertiary alicyclic amines) is 1. The third kappa shape index (κ3) is 4.08. The van der Waals surface area contributed by atoms with Gasteiger partial charge in [0.05, 0.1) is 11.9 Å². The van der Waals surface area contributed by atoms with Gasteiger partial charge in [-0.3, -0.25) is 4.79 Å².